The van der Waals surface area contributed by atoms with Gasteiger partial charge >= 0.3 is 0 Å². The average Bonchev–Trinajstić information content (AvgIpc) is 3.39. The standard InChI is InChI=1S/C20H18ClNO6S/c1-11-6-16-17(27-10-26-16)8-13(11)7-15(23)14-4-3-5-19(14)29(24,25)9-18-20(21)12(2)22-28-18/h3,5-6,8H,4,7,9-10H2,1-2H3. The highest BCUT2D eigenvalue weighted by atomic mass is 35.5. The Morgan fingerprint density at radius 2 is 1.93 bits per heavy atom. The number of halogens is 1. The van der Waals surface area contributed by atoms with E-state index < -0.39 is 15.6 Å². The third-order valence-electron chi connectivity index (χ3n) is 4.92. The number of ether oxygens (including phenoxy) is 2. The predicted octanol–water partition coefficient (Wildman–Crippen LogP) is 3.61. The van der Waals surface area contributed by atoms with Crippen molar-refractivity contribution in [3.63, 3.8) is 0 Å². The zero-order chi connectivity index (χ0) is 20.8. The lowest BCUT2D eigenvalue weighted by Gasteiger charge is -2.10. The molecule has 152 valence electrons. The minimum absolute atomic E-state index is 0.00557. The molecule has 0 saturated carbocycles. The van der Waals surface area contributed by atoms with Crippen molar-refractivity contribution in [2.45, 2.75) is 32.4 Å². The maximum atomic E-state index is 13.0. The Bertz CT molecular complexity index is 1180. The number of carbonyl (C=O) groups excluding carboxylic acids is 1. The van der Waals surface area contributed by atoms with Crippen molar-refractivity contribution in [2.24, 2.45) is 0 Å². The molecule has 0 N–H and O–H groups in total. The predicted molar refractivity (Wildman–Crippen MR) is 106 cm³/mol. The van der Waals surface area contributed by atoms with Gasteiger partial charge in [0.15, 0.2) is 32.9 Å². The van der Waals surface area contributed by atoms with E-state index >= 15 is 0 Å². The summed E-state index contributed by atoms with van der Waals surface area (Å²) in [6.45, 7) is 3.64. The summed E-state index contributed by atoms with van der Waals surface area (Å²) >= 11 is 6.05. The molecule has 0 spiro atoms. The van der Waals surface area contributed by atoms with Crippen LogP contribution >= 0.6 is 11.6 Å². The summed E-state index contributed by atoms with van der Waals surface area (Å²) in [6, 6.07) is 3.59. The van der Waals surface area contributed by atoms with Crippen LogP contribution in [-0.2, 0) is 26.8 Å². The van der Waals surface area contributed by atoms with Crippen LogP contribution in [0.4, 0.5) is 0 Å². The molecule has 0 bridgehead atoms. The summed E-state index contributed by atoms with van der Waals surface area (Å²) in [6.07, 6.45) is 3.47. The molecule has 2 heterocycles. The molecule has 0 atom stereocenters. The summed E-state index contributed by atoms with van der Waals surface area (Å²) < 4.78 is 41.5. The van der Waals surface area contributed by atoms with Crippen LogP contribution in [0.5, 0.6) is 11.5 Å². The van der Waals surface area contributed by atoms with Gasteiger partial charge in [-0.25, -0.2) is 8.42 Å². The second kappa shape index (κ2) is 7.35. The molecule has 0 unspecified atom stereocenters. The van der Waals surface area contributed by atoms with Gasteiger partial charge in [-0.3, -0.25) is 4.79 Å². The van der Waals surface area contributed by atoms with E-state index in [0.29, 0.717) is 17.2 Å². The molecule has 2 aromatic rings. The van der Waals surface area contributed by atoms with Gasteiger partial charge in [-0.05, 0) is 49.6 Å². The van der Waals surface area contributed by atoms with Crippen molar-refractivity contribution in [3.05, 3.63) is 62.4 Å². The molecule has 4 rings (SSSR count). The Labute approximate surface area is 172 Å². The number of hydrogen-bond acceptors (Lipinski definition) is 7. The van der Waals surface area contributed by atoms with Crippen molar-refractivity contribution in [3.8, 4) is 11.5 Å². The van der Waals surface area contributed by atoms with Crippen LogP contribution in [-0.4, -0.2) is 26.2 Å². The highest BCUT2D eigenvalue weighted by Crippen LogP contribution is 2.36. The van der Waals surface area contributed by atoms with Crippen LogP contribution in [0.1, 0.15) is 29.0 Å². The number of hydrogen-bond donors (Lipinski definition) is 0. The first-order valence-corrected chi connectivity index (χ1v) is 10.9. The van der Waals surface area contributed by atoms with E-state index in [1.807, 2.05) is 13.0 Å². The van der Waals surface area contributed by atoms with Gasteiger partial charge in [-0.15, -0.1) is 0 Å². The maximum absolute atomic E-state index is 13.0. The van der Waals surface area contributed by atoms with Crippen LogP contribution in [0.25, 0.3) is 0 Å². The average molecular weight is 436 g/mol. The Kier molecular flexibility index (Phi) is 5.00. The summed E-state index contributed by atoms with van der Waals surface area (Å²) in [5, 5.41) is 3.86. The van der Waals surface area contributed by atoms with Gasteiger partial charge in [0, 0.05) is 12.0 Å². The number of sulfone groups is 1. The molecule has 1 aliphatic heterocycles. The number of aryl methyl sites for hydroxylation is 2. The van der Waals surface area contributed by atoms with Crippen molar-refractivity contribution in [1.29, 1.82) is 0 Å². The number of benzene rings is 1. The van der Waals surface area contributed by atoms with E-state index in [9.17, 15) is 13.2 Å². The number of Topliss-reactive ketones (excluding diaryl/α,β-unsaturated/α-hetero) is 1. The van der Waals surface area contributed by atoms with Gasteiger partial charge in [0.2, 0.25) is 6.79 Å². The number of carbonyl (C=O) groups is 1. The first-order valence-electron chi connectivity index (χ1n) is 8.91. The molecule has 1 aliphatic carbocycles. The lowest BCUT2D eigenvalue weighted by molar-refractivity contribution is -0.115. The SMILES string of the molecule is Cc1cc2c(cc1CC(=O)C1=C(S(=O)(=O)Cc3onc(C)c3Cl)C=CC1)OCO2. The molecule has 0 radical (unpaired) electrons. The van der Waals surface area contributed by atoms with Crippen LogP contribution in [0.15, 0.2) is 39.3 Å². The molecule has 9 heteroatoms. The third-order valence-corrected chi connectivity index (χ3v) is 7.10. The first-order chi connectivity index (χ1) is 13.8. The number of aromatic nitrogens is 1. The fraction of sp³-hybridized carbons (Fsp3) is 0.300. The summed E-state index contributed by atoms with van der Waals surface area (Å²) in [7, 11) is -3.82. The van der Waals surface area contributed by atoms with Gasteiger partial charge in [0.05, 0.1) is 10.6 Å². The van der Waals surface area contributed by atoms with Gasteiger partial charge < -0.3 is 14.0 Å². The highest BCUT2D eigenvalue weighted by molar-refractivity contribution is 7.94. The normalized spacial score (nSPS) is 15.4. The molecular weight excluding hydrogens is 418 g/mol. The van der Waals surface area contributed by atoms with E-state index in [1.54, 1.807) is 19.1 Å². The number of fused-ring (bicyclic) bond motifs is 1. The molecule has 0 fully saturated rings. The zero-order valence-electron chi connectivity index (χ0n) is 15.8. The van der Waals surface area contributed by atoms with Gasteiger partial charge in [0.1, 0.15) is 10.8 Å². The van der Waals surface area contributed by atoms with Gasteiger partial charge in [-0.1, -0.05) is 22.8 Å². The second-order valence-electron chi connectivity index (χ2n) is 6.95. The first kappa shape index (κ1) is 19.7. The van der Waals surface area contributed by atoms with E-state index in [0.717, 1.165) is 11.1 Å². The van der Waals surface area contributed by atoms with Gasteiger partial charge in [-0.2, -0.15) is 0 Å². The van der Waals surface area contributed by atoms with Gasteiger partial charge in [0.25, 0.3) is 0 Å². The molecule has 0 amide bonds. The molecule has 29 heavy (non-hydrogen) atoms. The van der Waals surface area contributed by atoms with Crippen molar-refractivity contribution in [2.75, 3.05) is 6.79 Å². The Morgan fingerprint density at radius 1 is 1.21 bits per heavy atom. The number of allylic oxidation sites excluding steroid dienone is 3. The van der Waals surface area contributed by atoms with E-state index in [-0.39, 0.29) is 46.7 Å². The monoisotopic (exact) mass is 435 g/mol. The van der Waals surface area contributed by atoms with E-state index in [4.69, 9.17) is 25.6 Å². The Balaban J connectivity index is 1.61. The zero-order valence-corrected chi connectivity index (χ0v) is 17.4. The van der Waals surface area contributed by atoms with Crippen molar-refractivity contribution in [1.82, 2.24) is 5.16 Å². The fourth-order valence-electron chi connectivity index (χ4n) is 3.33. The summed E-state index contributed by atoms with van der Waals surface area (Å²) in [5.41, 5.74) is 2.32. The molecule has 1 aromatic heterocycles. The molecule has 1 aromatic carbocycles. The number of nitrogens with zero attached hydrogens (tertiary/aromatic N) is 1. The Morgan fingerprint density at radius 3 is 2.62 bits per heavy atom. The quantitative estimate of drug-likeness (QED) is 0.683. The summed E-state index contributed by atoms with van der Waals surface area (Å²) in [4.78, 5) is 13.0. The highest BCUT2D eigenvalue weighted by Gasteiger charge is 2.30. The maximum Gasteiger partial charge on any atom is 0.231 e. The molecular formula is C20H18ClNO6S. The smallest absolute Gasteiger partial charge is 0.231 e. The van der Waals surface area contributed by atoms with E-state index in [1.165, 1.54) is 6.08 Å². The molecule has 2 aliphatic rings. The number of rotatable bonds is 6. The molecule has 7 nitrogen and oxygen atoms in total. The lowest BCUT2D eigenvalue weighted by atomic mass is 9.98. The Hall–Kier alpha value is -2.58. The van der Waals surface area contributed by atoms with Crippen molar-refractivity contribution >= 4 is 27.2 Å². The lowest BCUT2D eigenvalue weighted by Crippen LogP contribution is -2.13. The van der Waals surface area contributed by atoms with Crippen LogP contribution in [0, 0.1) is 13.8 Å². The number of ketones is 1. The minimum atomic E-state index is -3.82. The fourth-order valence-corrected chi connectivity index (χ4v) is 5.12. The topological polar surface area (TPSA) is 95.7 Å². The molecule has 0 saturated heterocycles. The minimum Gasteiger partial charge on any atom is -0.454 e. The largest absolute Gasteiger partial charge is 0.454 e. The van der Waals surface area contributed by atoms with Crippen LogP contribution < -0.4 is 9.47 Å². The van der Waals surface area contributed by atoms with E-state index in [2.05, 4.69) is 5.16 Å². The summed E-state index contributed by atoms with van der Waals surface area (Å²) in [5.74, 6) is 0.584. The van der Waals surface area contributed by atoms with Crippen LogP contribution in [0.3, 0.4) is 0 Å². The van der Waals surface area contributed by atoms with Crippen LogP contribution in [0.2, 0.25) is 5.02 Å². The second-order valence-corrected chi connectivity index (χ2v) is 9.28. The van der Waals surface area contributed by atoms with Crippen molar-refractivity contribution < 1.29 is 27.2 Å². The third kappa shape index (κ3) is 3.70.